The maximum atomic E-state index is 11.8. The van der Waals surface area contributed by atoms with E-state index in [0.29, 0.717) is 5.56 Å². The van der Waals surface area contributed by atoms with Crippen LogP contribution in [0.4, 0.5) is 0 Å². The van der Waals surface area contributed by atoms with E-state index in [9.17, 15) is 9.90 Å². The number of phenols is 1. The summed E-state index contributed by atoms with van der Waals surface area (Å²) in [6, 6.07) is 4.46. The molecule has 2 aromatic rings. The minimum atomic E-state index is -0.428. The van der Waals surface area contributed by atoms with Gasteiger partial charge in [-0.2, -0.15) is 5.10 Å². The second kappa shape index (κ2) is 7.11. The van der Waals surface area contributed by atoms with Crippen LogP contribution in [0.3, 0.4) is 0 Å². The molecule has 2 N–H and O–H groups in total. The van der Waals surface area contributed by atoms with E-state index >= 15 is 0 Å². The Bertz CT molecular complexity index is 721. The molecule has 0 radical (unpaired) electrons. The van der Waals surface area contributed by atoms with Crippen LogP contribution in [0.2, 0.25) is 10.0 Å². The van der Waals surface area contributed by atoms with Crippen molar-refractivity contribution in [2.24, 2.45) is 5.10 Å². The van der Waals surface area contributed by atoms with Crippen LogP contribution in [0.5, 0.6) is 11.5 Å². The molecular weight excluding hydrogens is 329 g/mol. The van der Waals surface area contributed by atoms with Gasteiger partial charge in [0, 0.05) is 24.0 Å². The number of hydrogen-bond donors (Lipinski definition) is 2. The normalized spacial score (nSPS) is 10.7. The fourth-order valence-corrected chi connectivity index (χ4v) is 2.00. The molecule has 0 fully saturated rings. The van der Waals surface area contributed by atoms with Gasteiger partial charge in [0.2, 0.25) is 0 Å². The maximum absolute atomic E-state index is 11.8. The number of rotatable bonds is 4. The minimum Gasteiger partial charge on any atom is -0.504 e. The molecular formula is C14H11Cl2N3O3. The number of methoxy groups -OCH3 is 1. The highest BCUT2D eigenvalue weighted by atomic mass is 35.5. The number of carbonyl (C=O) groups excluding carboxylic acids is 1. The molecule has 0 aliphatic carbocycles. The van der Waals surface area contributed by atoms with Crippen molar-refractivity contribution in [2.75, 3.05) is 7.11 Å². The van der Waals surface area contributed by atoms with Gasteiger partial charge in [0.15, 0.2) is 11.5 Å². The average molecular weight is 340 g/mol. The minimum absolute atomic E-state index is 0.0990. The van der Waals surface area contributed by atoms with Crippen LogP contribution < -0.4 is 10.2 Å². The lowest BCUT2D eigenvalue weighted by atomic mass is 10.2. The molecule has 114 valence electrons. The van der Waals surface area contributed by atoms with Gasteiger partial charge in [-0.3, -0.25) is 9.78 Å². The summed E-state index contributed by atoms with van der Waals surface area (Å²) in [7, 11) is 1.38. The van der Waals surface area contributed by atoms with Crippen molar-refractivity contribution in [2.45, 2.75) is 0 Å². The Balaban J connectivity index is 2.20. The molecule has 1 aromatic heterocycles. The van der Waals surface area contributed by atoms with Crippen molar-refractivity contribution in [1.29, 1.82) is 0 Å². The second-order valence-corrected chi connectivity index (χ2v) is 4.86. The third-order valence-electron chi connectivity index (χ3n) is 2.71. The zero-order chi connectivity index (χ0) is 16.1. The van der Waals surface area contributed by atoms with Gasteiger partial charge in [0.05, 0.1) is 28.9 Å². The van der Waals surface area contributed by atoms with Crippen LogP contribution in [-0.2, 0) is 0 Å². The van der Waals surface area contributed by atoms with Crippen molar-refractivity contribution >= 4 is 35.3 Å². The van der Waals surface area contributed by atoms with Crippen molar-refractivity contribution in [3.8, 4) is 11.5 Å². The largest absolute Gasteiger partial charge is 0.504 e. The Kier molecular flexibility index (Phi) is 5.19. The molecule has 0 saturated carbocycles. The first-order valence-corrected chi connectivity index (χ1v) is 6.78. The van der Waals surface area contributed by atoms with Gasteiger partial charge < -0.3 is 9.84 Å². The van der Waals surface area contributed by atoms with E-state index in [2.05, 4.69) is 15.5 Å². The number of carbonyl (C=O) groups is 1. The predicted octanol–water partition coefficient (Wildman–Crippen LogP) is 2.87. The molecule has 2 rings (SSSR count). The van der Waals surface area contributed by atoms with Crippen LogP contribution in [0.25, 0.3) is 0 Å². The monoisotopic (exact) mass is 339 g/mol. The number of phenolic OH excluding ortho intramolecular Hbond substituents is 1. The molecule has 6 nitrogen and oxygen atoms in total. The van der Waals surface area contributed by atoms with Gasteiger partial charge in [-0.05, 0) is 12.1 Å². The number of amides is 1. The number of nitrogens with zero attached hydrogens (tertiary/aromatic N) is 2. The van der Waals surface area contributed by atoms with E-state index in [-0.39, 0.29) is 27.1 Å². The summed E-state index contributed by atoms with van der Waals surface area (Å²) in [6.07, 6.45) is 4.16. The van der Waals surface area contributed by atoms with Crippen LogP contribution in [0.1, 0.15) is 15.9 Å². The van der Waals surface area contributed by atoms with E-state index in [1.807, 2.05) is 0 Å². The van der Waals surface area contributed by atoms with Gasteiger partial charge in [0.1, 0.15) is 0 Å². The number of halogens is 2. The Morgan fingerprint density at radius 2 is 2.09 bits per heavy atom. The number of hydrazone groups is 1. The van der Waals surface area contributed by atoms with Crippen molar-refractivity contribution in [3.63, 3.8) is 0 Å². The molecule has 0 aliphatic heterocycles. The van der Waals surface area contributed by atoms with E-state index in [4.69, 9.17) is 27.9 Å². The van der Waals surface area contributed by atoms with Crippen molar-refractivity contribution < 1.29 is 14.6 Å². The van der Waals surface area contributed by atoms with Crippen molar-refractivity contribution in [1.82, 2.24) is 10.4 Å². The number of aromatic nitrogens is 1. The summed E-state index contributed by atoms with van der Waals surface area (Å²) < 4.78 is 4.97. The average Bonchev–Trinajstić information content (AvgIpc) is 2.54. The highest BCUT2D eigenvalue weighted by Gasteiger charge is 2.15. The SMILES string of the molecule is COc1cc(Cl)c(Cl)c(C=NNC(=O)c2ccncc2)c1O. The number of ether oxygens (including phenoxy) is 1. The van der Waals surface area contributed by atoms with Crippen LogP contribution in [-0.4, -0.2) is 29.3 Å². The molecule has 0 saturated heterocycles. The summed E-state index contributed by atoms with van der Waals surface area (Å²) in [5.74, 6) is -0.502. The zero-order valence-corrected chi connectivity index (χ0v) is 12.9. The molecule has 1 aromatic carbocycles. The standard InChI is InChI=1S/C14H11Cl2N3O3/c1-22-11-6-10(15)12(16)9(13(11)20)7-18-19-14(21)8-2-4-17-5-3-8/h2-7,20H,1H3,(H,19,21). The molecule has 1 heterocycles. The summed E-state index contributed by atoms with van der Waals surface area (Å²) in [5.41, 5.74) is 2.84. The number of benzene rings is 1. The second-order valence-electron chi connectivity index (χ2n) is 4.07. The predicted molar refractivity (Wildman–Crippen MR) is 84.0 cm³/mol. The quantitative estimate of drug-likeness (QED) is 0.662. The number of hydrogen-bond acceptors (Lipinski definition) is 5. The Labute approximate surface area is 136 Å². The highest BCUT2D eigenvalue weighted by Crippen LogP contribution is 2.38. The fourth-order valence-electron chi connectivity index (χ4n) is 1.61. The first-order chi connectivity index (χ1) is 10.5. The van der Waals surface area contributed by atoms with Gasteiger partial charge in [-0.15, -0.1) is 0 Å². The maximum Gasteiger partial charge on any atom is 0.271 e. The molecule has 0 atom stereocenters. The van der Waals surface area contributed by atoms with Gasteiger partial charge in [0.25, 0.3) is 5.91 Å². The van der Waals surface area contributed by atoms with E-state index in [1.54, 1.807) is 0 Å². The highest BCUT2D eigenvalue weighted by molar-refractivity contribution is 6.43. The third-order valence-corrected chi connectivity index (χ3v) is 3.52. The van der Waals surface area contributed by atoms with E-state index in [0.717, 1.165) is 0 Å². The molecule has 0 spiro atoms. The molecule has 1 amide bonds. The van der Waals surface area contributed by atoms with Crippen LogP contribution in [0, 0.1) is 0 Å². The first kappa shape index (κ1) is 16.1. The van der Waals surface area contributed by atoms with Gasteiger partial charge in [-0.1, -0.05) is 23.2 Å². The topological polar surface area (TPSA) is 83.8 Å². The van der Waals surface area contributed by atoms with E-state index in [1.165, 1.54) is 43.9 Å². The summed E-state index contributed by atoms with van der Waals surface area (Å²) >= 11 is 11.9. The third kappa shape index (κ3) is 3.47. The lowest BCUT2D eigenvalue weighted by molar-refractivity contribution is 0.0955. The summed E-state index contributed by atoms with van der Waals surface area (Å²) in [4.78, 5) is 15.6. The van der Waals surface area contributed by atoms with E-state index < -0.39 is 5.91 Å². The number of aromatic hydroxyl groups is 1. The molecule has 0 aliphatic rings. The van der Waals surface area contributed by atoms with Gasteiger partial charge >= 0.3 is 0 Å². The fraction of sp³-hybridized carbons (Fsp3) is 0.0714. The van der Waals surface area contributed by atoms with Gasteiger partial charge in [-0.25, -0.2) is 5.43 Å². The van der Waals surface area contributed by atoms with Crippen molar-refractivity contribution in [3.05, 3.63) is 51.8 Å². The summed E-state index contributed by atoms with van der Waals surface area (Å²) in [5, 5.41) is 14.0. The molecule has 22 heavy (non-hydrogen) atoms. The lowest BCUT2D eigenvalue weighted by Gasteiger charge is -2.09. The zero-order valence-electron chi connectivity index (χ0n) is 11.4. The Hall–Kier alpha value is -2.31. The summed E-state index contributed by atoms with van der Waals surface area (Å²) in [6.45, 7) is 0. The number of nitrogens with one attached hydrogen (secondary N) is 1. The van der Waals surface area contributed by atoms with Crippen LogP contribution >= 0.6 is 23.2 Å². The smallest absolute Gasteiger partial charge is 0.271 e. The Morgan fingerprint density at radius 3 is 2.73 bits per heavy atom. The van der Waals surface area contributed by atoms with Crippen LogP contribution in [0.15, 0.2) is 35.7 Å². The molecule has 0 unspecified atom stereocenters. The molecule has 0 bridgehead atoms. The molecule has 8 heteroatoms. The lowest BCUT2D eigenvalue weighted by Crippen LogP contribution is -2.17. The Morgan fingerprint density at radius 1 is 1.41 bits per heavy atom. The first-order valence-electron chi connectivity index (χ1n) is 6.03. The number of pyridine rings is 1.